The average Bonchev–Trinajstić information content (AvgIpc) is 3.13. The molecular weight excluding hydrogens is 850 g/mol. The van der Waals surface area contributed by atoms with Gasteiger partial charge in [0.15, 0.2) is 4.30 Å². The van der Waals surface area contributed by atoms with Crippen molar-refractivity contribution in [2.75, 3.05) is 0 Å². The van der Waals surface area contributed by atoms with Crippen LogP contribution < -0.4 is 35.4 Å². The molecule has 0 unspecified atom stereocenters. The molecule has 0 atom stereocenters. The summed E-state index contributed by atoms with van der Waals surface area (Å²) in [6.45, 7) is 6.54. The zero-order valence-corrected chi connectivity index (χ0v) is 35.5. The summed E-state index contributed by atoms with van der Waals surface area (Å²) in [6, 6.07) is 60.5. The van der Waals surface area contributed by atoms with Gasteiger partial charge in [-0.15, -0.1) is 0 Å². The van der Waals surface area contributed by atoms with Gasteiger partial charge < -0.3 is 24.8 Å². The Morgan fingerprint density at radius 3 is 1.21 bits per heavy atom. The number of benzene rings is 6. The van der Waals surface area contributed by atoms with E-state index in [-0.39, 0.29) is 56.1 Å². The maximum Gasteiger partial charge on any atom is 2.00 e. The van der Waals surface area contributed by atoms with Crippen LogP contribution in [-0.2, 0) is 19.5 Å². The fraction of sp³-hybridized carbons (Fsp3) is 0.156. The van der Waals surface area contributed by atoms with Crippen molar-refractivity contribution in [2.45, 2.75) is 42.8 Å². The van der Waals surface area contributed by atoms with E-state index in [0.29, 0.717) is 5.92 Å². The molecule has 7 heteroatoms. The second-order valence-corrected chi connectivity index (χ2v) is 16.8. The molecular formula is C45H40Cl5PRu. The predicted octanol–water partition coefficient (Wildman–Crippen LogP) is 6.93. The van der Waals surface area contributed by atoms with Gasteiger partial charge in [-0.2, -0.15) is 0 Å². The van der Waals surface area contributed by atoms with E-state index in [0.717, 1.165) is 0 Å². The normalized spacial score (nSPS) is 14.7. The van der Waals surface area contributed by atoms with Crippen LogP contribution in [0.5, 0.6) is 0 Å². The van der Waals surface area contributed by atoms with Crippen molar-refractivity contribution < 1.29 is 44.3 Å². The second-order valence-electron chi connectivity index (χ2n) is 12.6. The Morgan fingerprint density at radius 1 is 0.481 bits per heavy atom. The molecule has 0 radical (unpaired) electrons. The molecule has 0 saturated carbocycles. The Morgan fingerprint density at radius 2 is 0.827 bits per heavy atom. The molecule has 0 amide bonds. The Bertz CT molecular complexity index is 1910. The molecule has 0 N–H and O–H groups in total. The van der Waals surface area contributed by atoms with Gasteiger partial charge in [-0.3, -0.25) is 0 Å². The topological polar surface area (TPSA) is 0 Å². The van der Waals surface area contributed by atoms with Gasteiger partial charge in [-0.05, 0) is 75.6 Å². The first-order valence-corrected chi connectivity index (χ1v) is 19.4. The summed E-state index contributed by atoms with van der Waals surface area (Å²) in [7, 11) is -0.716. The molecule has 2 bridgehead atoms. The third-order valence-corrected chi connectivity index (χ3v) is 11.8. The molecule has 6 aromatic rings. The number of hydrogen-bond acceptors (Lipinski definition) is 0. The summed E-state index contributed by atoms with van der Waals surface area (Å²) >= 11 is 14.4. The van der Waals surface area contributed by atoms with Gasteiger partial charge in [0.05, 0.1) is 0 Å². The number of aryl methyl sites for hydroxylation is 1. The smallest absolute Gasteiger partial charge is 1.00 e. The summed E-state index contributed by atoms with van der Waals surface area (Å²) in [6.07, 6.45) is 0. The van der Waals surface area contributed by atoms with Gasteiger partial charge in [0, 0.05) is 11.8 Å². The van der Waals surface area contributed by atoms with Crippen LogP contribution in [0.4, 0.5) is 0 Å². The SMILES string of the molecule is Cc1ccc(C(C)C)cc1.ClC(Cl)Cl.[Cl-].[Cl-].[Ru+2].c1ccc(C2=C(P(c3ccccc3)c3ccccc3)C3c4ccccc4C2c2ccccc23)cc1. The zero-order chi connectivity index (χ0) is 34.3. The minimum atomic E-state index is -0.750. The van der Waals surface area contributed by atoms with E-state index < -0.39 is 12.2 Å². The summed E-state index contributed by atoms with van der Waals surface area (Å²) in [5.74, 6) is 1.16. The first-order chi connectivity index (χ1) is 23.8. The molecule has 0 fully saturated rings. The number of alkyl halides is 3. The number of hydrogen-bond donors (Lipinski definition) is 0. The molecule has 0 nitrogen and oxygen atoms in total. The standard InChI is InChI=1S/C34H25P.C10H14.CHCl3.2ClH.Ru/c1-4-14-24(15-5-1)31-32-27-20-10-12-22-29(27)33(30-23-13-11-21-28(30)32)34(31)35(25-16-6-2-7-17-25)26-18-8-3-9-19-26;1-8(2)10-6-4-9(3)5-7-10;2-1(3)4;;;/h1-23,32-33H;4-8H,1-3H3;1H;2*1H;/q;;;;;+2/p-2. The van der Waals surface area contributed by atoms with Crippen LogP contribution in [-0.4, -0.2) is 4.30 Å². The Hall–Kier alpha value is -2.44. The fourth-order valence-electron chi connectivity index (χ4n) is 7.03. The van der Waals surface area contributed by atoms with E-state index in [1.807, 2.05) is 0 Å². The molecule has 52 heavy (non-hydrogen) atoms. The van der Waals surface area contributed by atoms with Crippen molar-refractivity contribution in [3.8, 4) is 0 Å². The van der Waals surface area contributed by atoms with Gasteiger partial charge >= 0.3 is 19.5 Å². The summed E-state index contributed by atoms with van der Waals surface area (Å²) in [5, 5.41) is 4.42. The van der Waals surface area contributed by atoms with E-state index >= 15 is 0 Å². The fourth-order valence-corrected chi connectivity index (χ4v) is 9.86. The largest absolute Gasteiger partial charge is 2.00 e. The molecule has 268 valence electrons. The van der Waals surface area contributed by atoms with Crippen molar-refractivity contribution in [3.63, 3.8) is 0 Å². The third-order valence-electron chi connectivity index (χ3n) is 9.17. The zero-order valence-electron chi connectivity index (χ0n) is 29.1. The van der Waals surface area contributed by atoms with Crippen LogP contribution in [0.3, 0.4) is 0 Å². The van der Waals surface area contributed by atoms with Crippen LogP contribution in [0.1, 0.15) is 70.5 Å². The van der Waals surface area contributed by atoms with E-state index in [1.165, 1.54) is 55.1 Å². The monoisotopic (exact) mass is 888 g/mol. The molecule has 0 heterocycles. The first kappa shape index (κ1) is 44.0. The maximum absolute atomic E-state index is 4.81. The molecule has 3 aliphatic carbocycles. The van der Waals surface area contributed by atoms with Crippen molar-refractivity contribution in [1.82, 2.24) is 0 Å². The molecule has 0 aromatic heterocycles. The average molecular weight is 890 g/mol. The van der Waals surface area contributed by atoms with E-state index in [2.05, 4.69) is 185 Å². The maximum atomic E-state index is 4.81. The van der Waals surface area contributed by atoms with Gasteiger partial charge in [0.1, 0.15) is 0 Å². The van der Waals surface area contributed by atoms with Gasteiger partial charge in [-0.1, -0.05) is 218 Å². The second kappa shape index (κ2) is 20.9. The van der Waals surface area contributed by atoms with Crippen molar-refractivity contribution in [2.24, 2.45) is 0 Å². The van der Waals surface area contributed by atoms with Crippen LogP contribution in [0.25, 0.3) is 5.57 Å². The molecule has 9 rings (SSSR count). The van der Waals surface area contributed by atoms with Crippen LogP contribution >= 0.6 is 42.7 Å². The van der Waals surface area contributed by atoms with Crippen molar-refractivity contribution in [1.29, 1.82) is 0 Å². The molecule has 0 aliphatic heterocycles. The van der Waals surface area contributed by atoms with E-state index in [1.54, 1.807) is 5.31 Å². The van der Waals surface area contributed by atoms with Gasteiger partial charge in [0.2, 0.25) is 0 Å². The van der Waals surface area contributed by atoms with E-state index in [9.17, 15) is 0 Å². The Kier molecular flexibility index (Phi) is 17.6. The number of allylic oxidation sites excluding steroid dienone is 2. The van der Waals surface area contributed by atoms with Crippen LogP contribution in [0.15, 0.2) is 169 Å². The molecule has 6 aromatic carbocycles. The summed E-state index contributed by atoms with van der Waals surface area (Å²) in [4.78, 5) is 0. The summed E-state index contributed by atoms with van der Waals surface area (Å²) in [5.41, 5.74) is 11.5. The van der Waals surface area contributed by atoms with Gasteiger partial charge in [0.25, 0.3) is 0 Å². The first-order valence-electron chi connectivity index (χ1n) is 16.7. The van der Waals surface area contributed by atoms with Crippen LogP contribution in [0, 0.1) is 6.92 Å². The number of halogens is 5. The minimum Gasteiger partial charge on any atom is -1.00 e. The quantitative estimate of drug-likeness (QED) is 0.100. The molecule has 0 spiro atoms. The Balaban J connectivity index is 0.000000366. The molecule has 0 saturated heterocycles. The van der Waals surface area contributed by atoms with Crippen molar-refractivity contribution >= 4 is 58.9 Å². The minimum absolute atomic E-state index is 0. The third kappa shape index (κ3) is 10.00. The van der Waals surface area contributed by atoms with Gasteiger partial charge in [-0.25, -0.2) is 0 Å². The van der Waals surface area contributed by atoms with Crippen LogP contribution in [0.2, 0.25) is 0 Å². The number of rotatable bonds is 5. The summed E-state index contributed by atoms with van der Waals surface area (Å²) < 4.78 is -0.750. The Labute approximate surface area is 351 Å². The molecule has 3 aliphatic rings. The van der Waals surface area contributed by atoms with E-state index in [4.69, 9.17) is 34.8 Å². The predicted molar refractivity (Wildman–Crippen MR) is 216 cm³/mol. The van der Waals surface area contributed by atoms with Crippen molar-refractivity contribution in [3.05, 3.63) is 208 Å².